The smallest absolute Gasteiger partial charge is 0.253 e. The molecule has 25 heavy (non-hydrogen) atoms. The summed E-state index contributed by atoms with van der Waals surface area (Å²) in [5.41, 5.74) is 1.74. The van der Waals surface area contributed by atoms with Gasteiger partial charge in [-0.3, -0.25) is 4.79 Å². The first-order valence-electron chi connectivity index (χ1n) is 8.96. The van der Waals surface area contributed by atoms with Crippen molar-refractivity contribution < 1.29 is 4.79 Å². The first kappa shape index (κ1) is 17.7. The Morgan fingerprint density at radius 2 is 1.76 bits per heavy atom. The summed E-state index contributed by atoms with van der Waals surface area (Å²) in [6, 6.07) is 11.7. The first-order chi connectivity index (χ1) is 12.2. The standard InChI is InChI=1S/C20H24ClN3O/c21-17-10-7-15(8-11-17)13-22-19-12-9-16(14-23-19)20(25)24-18-5-3-1-2-4-6-18/h7-12,14,18H,1-6,13H2,(H,22,23)(H,24,25). The van der Waals surface area contributed by atoms with Crippen molar-refractivity contribution in [1.82, 2.24) is 10.3 Å². The van der Waals surface area contributed by atoms with Crippen molar-refractivity contribution in [3.8, 4) is 0 Å². The topological polar surface area (TPSA) is 54.0 Å². The lowest BCUT2D eigenvalue weighted by Gasteiger charge is -2.16. The highest BCUT2D eigenvalue weighted by atomic mass is 35.5. The van der Waals surface area contributed by atoms with Crippen LogP contribution >= 0.6 is 11.6 Å². The van der Waals surface area contributed by atoms with E-state index in [4.69, 9.17) is 11.6 Å². The normalized spacial score (nSPS) is 15.4. The average Bonchev–Trinajstić information content (AvgIpc) is 2.90. The van der Waals surface area contributed by atoms with Gasteiger partial charge < -0.3 is 10.6 Å². The molecule has 0 radical (unpaired) electrons. The molecule has 0 unspecified atom stereocenters. The van der Waals surface area contributed by atoms with E-state index in [0.29, 0.717) is 18.2 Å². The Hall–Kier alpha value is -2.07. The van der Waals surface area contributed by atoms with Crippen LogP contribution in [-0.4, -0.2) is 16.9 Å². The zero-order chi connectivity index (χ0) is 17.5. The Labute approximate surface area is 154 Å². The maximum Gasteiger partial charge on any atom is 0.253 e. The van der Waals surface area contributed by atoms with E-state index < -0.39 is 0 Å². The molecule has 1 aliphatic carbocycles. The number of rotatable bonds is 5. The maximum absolute atomic E-state index is 12.4. The minimum absolute atomic E-state index is 0.0244. The van der Waals surface area contributed by atoms with Crippen molar-refractivity contribution in [1.29, 1.82) is 0 Å². The molecule has 2 aromatic rings. The SMILES string of the molecule is O=C(NC1CCCCCC1)c1ccc(NCc2ccc(Cl)cc2)nc1. The minimum Gasteiger partial charge on any atom is -0.366 e. The third kappa shape index (κ3) is 5.46. The van der Waals surface area contributed by atoms with Crippen LogP contribution in [0.2, 0.25) is 5.02 Å². The second kappa shape index (κ2) is 8.86. The van der Waals surface area contributed by atoms with Crippen molar-refractivity contribution in [2.24, 2.45) is 0 Å². The number of halogens is 1. The molecular formula is C20H24ClN3O. The number of pyridine rings is 1. The molecule has 4 nitrogen and oxygen atoms in total. The molecule has 1 fully saturated rings. The summed E-state index contributed by atoms with van der Waals surface area (Å²) in [6.07, 6.45) is 8.77. The van der Waals surface area contributed by atoms with Gasteiger partial charge in [0.1, 0.15) is 5.82 Å². The molecule has 0 bridgehead atoms. The molecule has 1 aromatic carbocycles. The van der Waals surface area contributed by atoms with E-state index >= 15 is 0 Å². The molecule has 1 aliphatic rings. The van der Waals surface area contributed by atoms with Crippen LogP contribution in [0.15, 0.2) is 42.6 Å². The number of aromatic nitrogens is 1. The van der Waals surface area contributed by atoms with Crippen molar-refractivity contribution in [2.45, 2.75) is 51.1 Å². The summed E-state index contributed by atoms with van der Waals surface area (Å²) >= 11 is 5.88. The van der Waals surface area contributed by atoms with Crippen molar-refractivity contribution >= 4 is 23.3 Å². The van der Waals surface area contributed by atoms with Gasteiger partial charge in [0, 0.05) is 23.8 Å². The van der Waals surface area contributed by atoms with Gasteiger partial charge in [-0.25, -0.2) is 4.98 Å². The predicted octanol–water partition coefficient (Wildman–Crippen LogP) is 4.80. The molecule has 0 aliphatic heterocycles. The second-order valence-electron chi connectivity index (χ2n) is 6.57. The van der Waals surface area contributed by atoms with Crippen LogP contribution < -0.4 is 10.6 Å². The lowest BCUT2D eigenvalue weighted by Crippen LogP contribution is -2.34. The highest BCUT2D eigenvalue weighted by molar-refractivity contribution is 6.30. The number of nitrogens with zero attached hydrogens (tertiary/aromatic N) is 1. The minimum atomic E-state index is -0.0244. The van der Waals surface area contributed by atoms with E-state index in [-0.39, 0.29) is 5.91 Å². The fourth-order valence-corrected chi connectivity index (χ4v) is 3.25. The third-order valence-electron chi connectivity index (χ3n) is 4.60. The Kier molecular flexibility index (Phi) is 6.29. The number of nitrogens with one attached hydrogen (secondary N) is 2. The maximum atomic E-state index is 12.4. The van der Waals surface area contributed by atoms with E-state index in [1.807, 2.05) is 36.4 Å². The summed E-state index contributed by atoms with van der Waals surface area (Å²) in [5.74, 6) is 0.726. The van der Waals surface area contributed by atoms with Crippen LogP contribution in [0.4, 0.5) is 5.82 Å². The van der Waals surface area contributed by atoms with Gasteiger partial charge in [-0.1, -0.05) is 49.4 Å². The molecule has 0 atom stereocenters. The van der Waals surface area contributed by atoms with E-state index in [0.717, 1.165) is 29.2 Å². The summed E-state index contributed by atoms with van der Waals surface area (Å²) in [4.78, 5) is 16.7. The van der Waals surface area contributed by atoms with Gasteiger partial charge in [-0.15, -0.1) is 0 Å². The van der Waals surface area contributed by atoms with Crippen LogP contribution in [0.3, 0.4) is 0 Å². The zero-order valence-corrected chi connectivity index (χ0v) is 15.1. The van der Waals surface area contributed by atoms with Gasteiger partial charge in [0.15, 0.2) is 0 Å². The highest BCUT2D eigenvalue weighted by Crippen LogP contribution is 2.18. The third-order valence-corrected chi connectivity index (χ3v) is 4.85. The van der Waals surface area contributed by atoms with Gasteiger partial charge in [-0.05, 0) is 42.7 Å². The monoisotopic (exact) mass is 357 g/mol. The zero-order valence-electron chi connectivity index (χ0n) is 14.3. The first-order valence-corrected chi connectivity index (χ1v) is 9.34. The quantitative estimate of drug-likeness (QED) is 0.756. The van der Waals surface area contributed by atoms with Crippen LogP contribution in [-0.2, 0) is 6.54 Å². The molecule has 0 saturated heterocycles. The van der Waals surface area contributed by atoms with E-state index in [2.05, 4.69) is 15.6 Å². The Morgan fingerprint density at radius 3 is 2.40 bits per heavy atom. The van der Waals surface area contributed by atoms with Gasteiger partial charge in [0.05, 0.1) is 5.56 Å². The number of carbonyl (C=O) groups is 1. The van der Waals surface area contributed by atoms with Crippen molar-refractivity contribution in [3.63, 3.8) is 0 Å². The van der Waals surface area contributed by atoms with E-state index in [9.17, 15) is 4.79 Å². The molecule has 5 heteroatoms. The molecule has 1 saturated carbocycles. The summed E-state index contributed by atoms with van der Waals surface area (Å²) in [7, 11) is 0. The molecule has 0 spiro atoms. The Morgan fingerprint density at radius 1 is 1.04 bits per heavy atom. The lowest BCUT2D eigenvalue weighted by molar-refractivity contribution is 0.0933. The molecule has 2 N–H and O–H groups in total. The van der Waals surface area contributed by atoms with Gasteiger partial charge in [0.2, 0.25) is 0 Å². The van der Waals surface area contributed by atoms with Crippen molar-refractivity contribution in [2.75, 3.05) is 5.32 Å². The number of hydrogen-bond donors (Lipinski definition) is 2. The Balaban J connectivity index is 1.52. The summed E-state index contributed by atoms with van der Waals surface area (Å²) in [6.45, 7) is 0.664. The molecule has 3 rings (SSSR count). The molecule has 1 amide bonds. The van der Waals surface area contributed by atoms with E-state index in [1.54, 1.807) is 6.20 Å². The number of benzene rings is 1. The van der Waals surface area contributed by atoms with Gasteiger partial charge >= 0.3 is 0 Å². The second-order valence-corrected chi connectivity index (χ2v) is 7.01. The predicted molar refractivity (Wildman–Crippen MR) is 102 cm³/mol. The summed E-state index contributed by atoms with van der Waals surface area (Å²) in [5, 5.41) is 7.12. The fraction of sp³-hybridized carbons (Fsp3) is 0.400. The largest absolute Gasteiger partial charge is 0.366 e. The van der Waals surface area contributed by atoms with Crippen LogP contribution in [0.5, 0.6) is 0 Å². The van der Waals surface area contributed by atoms with Crippen LogP contribution in [0.25, 0.3) is 0 Å². The van der Waals surface area contributed by atoms with Gasteiger partial charge in [0.25, 0.3) is 5.91 Å². The highest BCUT2D eigenvalue weighted by Gasteiger charge is 2.15. The summed E-state index contributed by atoms with van der Waals surface area (Å²) < 4.78 is 0. The molecule has 1 heterocycles. The van der Waals surface area contributed by atoms with Crippen LogP contribution in [0.1, 0.15) is 54.4 Å². The lowest BCUT2D eigenvalue weighted by atomic mass is 10.1. The van der Waals surface area contributed by atoms with Crippen LogP contribution in [0, 0.1) is 0 Å². The van der Waals surface area contributed by atoms with Crippen molar-refractivity contribution in [3.05, 3.63) is 58.7 Å². The number of carbonyl (C=O) groups excluding carboxylic acids is 1. The number of amides is 1. The van der Waals surface area contributed by atoms with Gasteiger partial charge in [-0.2, -0.15) is 0 Å². The molecule has 132 valence electrons. The fourth-order valence-electron chi connectivity index (χ4n) is 3.12. The number of hydrogen-bond acceptors (Lipinski definition) is 3. The average molecular weight is 358 g/mol. The molecule has 1 aromatic heterocycles. The molecular weight excluding hydrogens is 334 g/mol. The Bertz CT molecular complexity index is 677. The number of anilines is 1. The van der Waals surface area contributed by atoms with E-state index in [1.165, 1.54) is 25.7 Å².